The summed E-state index contributed by atoms with van der Waals surface area (Å²) in [5.74, 6) is -0.482. The Kier molecular flexibility index (Phi) is 14.1. The summed E-state index contributed by atoms with van der Waals surface area (Å²) < 4.78 is 5.38. The summed E-state index contributed by atoms with van der Waals surface area (Å²) in [5, 5.41) is 5.80. The van der Waals surface area contributed by atoms with E-state index in [1.165, 1.54) is 0 Å². The normalized spacial score (nSPS) is 13.9. The van der Waals surface area contributed by atoms with E-state index in [2.05, 4.69) is 37.1 Å². The number of benzene rings is 1. The molecule has 0 aromatic heterocycles. The van der Waals surface area contributed by atoms with Gasteiger partial charge in [-0.05, 0) is 65.5 Å². The van der Waals surface area contributed by atoms with Gasteiger partial charge in [0, 0.05) is 18.3 Å². The van der Waals surface area contributed by atoms with Gasteiger partial charge in [0.25, 0.3) is 0 Å². The standard InChI is InChI=1S/C29H49N3O4S/c1-9-11-12-13-17-32(27(34)24(19-37)31-28(35)36-29(6,7)8)25(26(33)30-22(5)14-10-2)23-16-15-20(3)18-21(23)4/h15-16,18,22,24-25,37H,9-14,17,19H2,1-8H3,(H,30,33)(H,31,35). The molecule has 2 N–H and O–H groups in total. The fourth-order valence-electron chi connectivity index (χ4n) is 4.32. The Balaban J connectivity index is 3.46. The Morgan fingerprint density at radius 3 is 2.24 bits per heavy atom. The summed E-state index contributed by atoms with van der Waals surface area (Å²) in [6.45, 7) is 15.9. The number of unbranched alkanes of at least 4 members (excludes halogenated alkanes) is 3. The number of alkyl carbamates (subject to hydrolysis) is 1. The highest BCUT2D eigenvalue weighted by Gasteiger charge is 2.36. The number of carbonyl (C=O) groups excluding carboxylic acids is 3. The van der Waals surface area contributed by atoms with Gasteiger partial charge in [-0.15, -0.1) is 0 Å². The Labute approximate surface area is 229 Å². The van der Waals surface area contributed by atoms with E-state index in [9.17, 15) is 14.4 Å². The van der Waals surface area contributed by atoms with Crippen molar-refractivity contribution >= 4 is 30.5 Å². The summed E-state index contributed by atoms with van der Waals surface area (Å²) in [6.07, 6.45) is 4.90. The molecule has 37 heavy (non-hydrogen) atoms. The number of nitrogens with zero attached hydrogens (tertiary/aromatic N) is 1. The molecule has 0 aliphatic heterocycles. The number of thiol groups is 1. The molecule has 1 aromatic carbocycles. The third kappa shape index (κ3) is 11.4. The highest BCUT2D eigenvalue weighted by molar-refractivity contribution is 7.80. The number of ether oxygens (including phenoxy) is 1. The Morgan fingerprint density at radius 2 is 1.70 bits per heavy atom. The van der Waals surface area contributed by atoms with Gasteiger partial charge in [0.2, 0.25) is 11.8 Å². The minimum atomic E-state index is -0.932. The molecule has 7 nitrogen and oxygen atoms in total. The average molecular weight is 536 g/mol. The maximum Gasteiger partial charge on any atom is 0.408 e. The second kappa shape index (κ2) is 15.9. The molecule has 0 radical (unpaired) electrons. The molecular formula is C29H49N3O4S. The van der Waals surface area contributed by atoms with Crippen LogP contribution in [-0.4, -0.2) is 52.8 Å². The van der Waals surface area contributed by atoms with E-state index >= 15 is 0 Å². The van der Waals surface area contributed by atoms with Crippen LogP contribution in [0.3, 0.4) is 0 Å². The van der Waals surface area contributed by atoms with Crippen LogP contribution < -0.4 is 10.6 Å². The number of rotatable bonds is 14. The highest BCUT2D eigenvalue weighted by atomic mass is 32.1. The van der Waals surface area contributed by atoms with Crippen molar-refractivity contribution in [2.24, 2.45) is 0 Å². The van der Waals surface area contributed by atoms with Crippen LogP contribution in [0, 0.1) is 13.8 Å². The molecule has 1 aromatic rings. The second-order valence-electron chi connectivity index (χ2n) is 10.9. The highest BCUT2D eigenvalue weighted by Crippen LogP contribution is 2.27. The molecule has 8 heteroatoms. The fourth-order valence-corrected chi connectivity index (χ4v) is 4.57. The first-order chi connectivity index (χ1) is 17.3. The van der Waals surface area contributed by atoms with Crippen molar-refractivity contribution in [3.05, 3.63) is 34.9 Å². The molecule has 3 atom stereocenters. The molecule has 1 rings (SSSR count). The number of aryl methyl sites for hydroxylation is 2. The fraction of sp³-hybridized carbons (Fsp3) is 0.690. The van der Waals surface area contributed by atoms with Crippen LogP contribution in [0.25, 0.3) is 0 Å². The maximum atomic E-state index is 14.0. The minimum Gasteiger partial charge on any atom is -0.444 e. The number of hydrogen-bond donors (Lipinski definition) is 3. The van der Waals surface area contributed by atoms with Crippen LogP contribution in [0.4, 0.5) is 4.79 Å². The lowest BCUT2D eigenvalue weighted by Gasteiger charge is -2.35. The zero-order chi connectivity index (χ0) is 28.2. The zero-order valence-electron chi connectivity index (χ0n) is 24.1. The van der Waals surface area contributed by atoms with Crippen molar-refractivity contribution < 1.29 is 19.1 Å². The number of amides is 3. The van der Waals surface area contributed by atoms with Gasteiger partial charge in [0.05, 0.1) is 0 Å². The van der Waals surface area contributed by atoms with Crippen LogP contribution in [-0.2, 0) is 14.3 Å². The summed E-state index contributed by atoms with van der Waals surface area (Å²) in [4.78, 5) is 41.9. The summed E-state index contributed by atoms with van der Waals surface area (Å²) >= 11 is 4.37. The first-order valence-electron chi connectivity index (χ1n) is 13.6. The van der Waals surface area contributed by atoms with Gasteiger partial charge < -0.3 is 20.3 Å². The first-order valence-corrected chi connectivity index (χ1v) is 14.3. The molecule has 3 amide bonds. The largest absolute Gasteiger partial charge is 0.444 e. The van der Waals surface area contributed by atoms with Crippen molar-refractivity contribution in [1.82, 2.24) is 15.5 Å². The van der Waals surface area contributed by atoms with E-state index in [0.29, 0.717) is 6.54 Å². The first kappa shape index (κ1) is 32.8. The molecule has 210 valence electrons. The lowest BCUT2D eigenvalue weighted by atomic mass is 9.96. The van der Waals surface area contributed by atoms with Gasteiger partial charge in [-0.25, -0.2) is 4.79 Å². The maximum absolute atomic E-state index is 14.0. The zero-order valence-corrected chi connectivity index (χ0v) is 25.0. The van der Waals surface area contributed by atoms with Gasteiger partial charge in [0.1, 0.15) is 17.7 Å². The second-order valence-corrected chi connectivity index (χ2v) is 11.3. The van der Waals surface area contributed by atoms with Crippen molar-refractivity contribution in [2.75, 3.05) is 12.3 Å². The van der Waals surface area contributed by atoms with Crippen LogP contribution in [0.2, 0.25) is 0 Å². The molecule has 0 aliphatic carbocycles. The van der Waals surface area contributed by atoms with Gasteiger partial charge >= 0.3 is 6.09 Å². The lowest BCUT2D eigenvalue weighted by Crippen LogP contribution is -2.54. The van der Waals surface area contributed by atoms with Crippen molar-refractivity contribution in [3.8, 4) is 0 Å². The number of hydrogen-bond acceptors (Lipinski definition) is 5. The average Bonchev–Trinajstić information content (AvgIpc) is 2.78. The molecule has 0 saturated carbocycles. The van der Waals surface area contributed by atoms with E-state index < -0.39 is 23.8 Å². The Hall–Kier alpha value is -2.22. The van der Waals surface area contributed by atoms with E-state index in [4.69, 9.17) is 4.74 Å². The van der Waals surface area contributed by atoms with Crippen LogP contribution in [0.15, 0.2) is 18.2 Å². The predicted octanol–water partition coefficient (Wildman–Crippen LogP) is 5.88. The third-order valence-electron chi connectivity index (χ3n) is 6.10. The number of nitrogens with one attached hydrogen (secondary N) is 2. The summed E-state index contributed by atoms with van der Waals surface area (Å²) in [6, 6.07) is 4.15. The van der Waals surface area contributed by atoms with Crippen molar-refractivity contribution in [2.45, 2.75) is 118 Å². The lowest BCUT2D eigenvalue weighted by molar-refractivity contribution is -0.142. The minimum absolute atomic E-state index is 0.0247. The molecule has 0 saturated heterocycles. The van der Waals surface area contributed by atoms with Gasteiger partial charge in [-0.2, -0.15) is 12.6 Å². The van der Waals surface area contributed by atoms with E-state index in [1.807, 2.05) is 39.0 Å². The monoisotopic (exact) mass is 535 g/mol. The van der Waals surface area contributed by atoms with Crippen LogP contribution in [0.5, 0.6) is 0 Å². The molecule has 0 fully saturated rings. The summed E-state index contributed by atoms with van der Waals surface area (Å²) in [7, 11) is 0. The molecule has 3 unspecified atom stereocenters. The van der Waals surface area contributed by atoms with E-state index in [1.54, 1.807) is 25.7 Å². The van der Waals surface area contributed by atoms with Gasteiger partial charge in [0.15, 0.2) is 0 Å². The Bertz CT molecular complexity index is 884. The predicted molar refractivity (Wildman–Crippen MR) is 154 cm³/mol. The Morgan fingerprint density at radius 1 is 1.03 bits per heavy atom. The van der Waals surface area contributed by atoms with Gasteiger partial charge in [-0.3, -0.25) is 9.59 Å². The third-order valence-corrected chi connectivity index (χ3v) is 6.46. The topological polar surface area (TPSA) is 87.7 Å². The number of carbonyl (C=O) groups is 3. The quantitative estimate of drug-likeness (QED) is 0.205. The molecule has 0 heterocycles. The van der Waals surface area contributed by atoms with Crippen LogP contribution >= 0.6 is 12.6 Å². The molecule has 0 spiro atoms. The SMILES string of the molecule is CCCCCCN(C(=O)C(CS)NC(=O)OC(C)(C)C)C(C(=O)NC(C)CCC)c1ccc(C)cc1C. The van der Waals surface area contributed by atoms with E-state index in [-0.39, 0.29) is 23.6 Å². The van der Waals surface area contributed by atoms with Crippen LogP contribution in [0.1, 0.15) is 103 Å². The van der Waals surface area contributed by atoms with Gasteiger partial charge in [-0.1, -0.05) is 63.3 Å². The smallest absolute Gasteiger partial charge is 0.408 e. The van der Waals surface area contributed by atoms with Crippen molar-refractivity contribution in [1.29, 1.82) is 0 Å². The molecule has 0 aliphatic rings. The van der Waals surface area contributed by atoms with Crippen molar-refractivity contribution in [3.63, 3.8) is 0 Å². The molecular weight excluding hydrogens is 486 g/mol. The summed E-state index contributed by atoms with van der Waals surface area (Å²) in [5.41, 5.74) is 2.11. The molecule has 0 bridgehead atoms. The van der Waals surface area contributed by atoms with E-state index in [0.717, 1.165) is 55.2 Å².